The third-order valence-corrected chi connectivity index (χ3v) is 3.53. The molecule has 2 heterocycles. The molecule has 2 fully saturated rings. The van der Waals surface area contributed by atoms with Crippen LogP contribution >= 0.6 is 0 Å². The number of hydrogen-bond donors (Lipinski definition) is 1. The summed E-state index contributed by atoms with van der Waals surface area (Å²) in [5, 5.41) is 3.49. The van der Waals surface area contributed by atoms with Crippen LogP contribution in [0.5, 0.6) is 0 Å². The molecule has 1 unspecified atom stereocenters. The Balaban J connectivity index is 1.62. The maximum atomic E-state index is 3.49. The summed E-state index contributed by atoms with van der Waals surface area (Å²) >= 11 is 0. The number of nitrogens with one attached hydrogen (secondary N) is 1. The summed E-state index contributed by atoms with van der Waals surface area (Å²) in [6.45, 7) is 8.90. The lowest BCUT2D eigenvalue weighted by atomic mass is 9.93. The van der Waals surface area contributed by atoms with E-state index in [4.69, 9.17) is 0 Å². The van der Waals surface area contributed by atoms with Gasteiger partial charge >= 0.3 is 0 Å². The molecule has 1 N–H and O–H groups in total. The second-order valence-corrected chi connectivity index (χ2v) is 4.71. The van der Waals surface area contributed by atoms with Crippen molar-refractivity contribution < 1.29 is 0 Å². The van der Waals surface area contributed by atoms with E-state index in [9.17, 15) is 0 Å². The first kappa shape index (κ1) is 9.47. The van der Waals surface area contributed by atoms with Crippen LogP contribution in [0.1, 0.15) is 26.2 Å². The fourth-order valence-electron chi connectivity index (χ4n) is 2.53. The first-order valence-electron chi connectivity index (χ1n) is 5.81. The highest BCUT2D eigenvalue weighted by molar-refractivity contribution is 4.82. The van der Waals surface area contributed by atoms with Crippen molar-refractivity contribution in [3.05, 3.63) is 0 Å². The van der Waals surface area contributed by atoms with E-state index in [-0.39, 0.29) is 0 Å². The van der Waals surface area contributed by atoms with E-state index in [0.29, 0.717) is 0 Å². The minimum Gasteiger partial charge on any atom is -0.316 e. The molecule has 2 heteroatoms. The van der Waals surface area contributed by atoms with Gasteiger partial charge in [-0.25, -0.2) is 0 Å². The van der Waals surface area contributed by atoms with E-state index in [1.165, 1.54) is 52.0 Å². The van der Waals surface area contributed by atoms with Crippen LogP contribution in [-0.2, 0) is 0 Å². The summed E-state index contributed by atoms with van der Waals surface area (Å²) in [4.78, 5) is 2.63. The average molecular weight is 182 g/mol. The van der Waals surface area contributed by atoms with Gasteiger partial charge in [-0.05, 0) is 37.8 Å². The molecular formula is C11H22N2. The molecule has 0 amide bonds. The number of nitrogens with zero attached hydrogens (tertiary/aromatic N) is 1. The van der Waals surface area contributed by atoms with E-state index in [2.05, 4.69) is 17.1 Å². The number of hydrogen-bond acceptors (Lipinski definition) is 2. The van der Waals surface area contributed by atoms with Gasteiger partial charge in [0, 0.05) is 19.6 Å². The minimum atomic E-state index is 0.937. The van der Waals surface area contributed by atoms with Gasteiger partial charge in [0.1, 0.15) is 0 Å². The van der Waals surface area contributed by atoms with Crippen LogP contribution in [0.3, 0.4) is 0 Å². The highest BCUT2D eigenvalue weighted by Crippen LogP contribution is 2.21. The summed E-state index contributed by atoms with van der Waals surface area (Å²) in [6.07, 6.45) is 4.20. The Morgan fingerprint density at radius 1 is 1.31 bits per heavy atom. The minimum absolute atomic E-state index is 0.937. The molecule has 0 bridgehead atoms. The molecule has 2 saturated heterocycles. The van der Waals surface area contributed by atoms with E-state index in [1.807, 2.05) is 0 Å². The largest absolute Gasteiger partial charge is 0.316 e. The molecule has 0 aliphatic carbocycles. The summed E-state index contributed by atoms with van der Waals surface area (Å²) < 4.78 is 0. The fraction of sp³-hybridized carbons (Fsp3) is 1.00. The molecule has 0 saturated carbocycles. The number of piperidine rings is 1. The van der Waals surface area contributed by atoms with Crippen molar-refractivity contribution in [2.45, 2.75) is 26.2 Å². The van der Waals surface area contributed by atoms with Gasteiger partial charge in [0.15, 0.2) is 0 Å². The van der Waals surface area contributed by atoms with E-state index in [0.717, 1.165) is 11.8 Å². The third-order valence-electron chi connectivity index (χ3n) is 3.53. The number of likely N-dealkylation sites (tertiary alicyclic amines) is 1. The Bertz CT molecular complexity index is 146. The average Bonchev–Trinajstić information content (AvgIpc) is 2.12. The fourth-order valence-corrected chi connectivity index (χ4v) is 2.53. The molecular weight excluding hydrogens is 160 g/mol. The molecule has 1 atom stereocenters. The second kappa shape index (κ2) is 4.43. The lowest BCUT2D eigenvalue weighted by Gasteiger charge is -2.41. The zero-order chi connectivity index (χ0) is 9.10. The Morgan fingerprint density at radius 2 is 2.15 bits per heavy atom. The molecule has 0 aromatic rings. The molecule has 0 spiro atoms. The van der Waals surface area contributed by atoms with E-state index >= 15 is 0 Å². The molecule has 0 aromatic heterocycles. The molecule has 0 radical (unpaired) electrons. The SMILES string of the molecule is CCC1CN(CC2CCCNC2)C1. The van der Waals surface area contributed by atoms with Crippen molar-refractivity contribution in [1.82, 2.24) is 10.2 Å². The Labute approximate surface area is 81.7 Å². The Hall–Kier alpha value is -0.0800. The van der Waals surface area contributed by atoms with Crippen molar-refractivity contribution in [3.63, 3.8) is 0 Å². The maximum absolute atomic E-state index is 3.49. The topological polar surface area (TPSA) is 15.3 Å². The summed E-state index contributed by atoms with van der Waals surface area (Å²) in [5.41, 5.74) is 0. The van der Waals surface area contributed by atoms with Crippen LogP contribution in [0.2, 0.25) is 0 Å². The van der Waals surface area contributed by atoms with Crippen LogP contribution in [-0.4, -0.2) is 37.6 Å². The van der Waals surface area contributed by atoms with Crippen molar-refractivity contribution in [2.24, 2.45) is 11.8 Å². The smallest absolute Gasteiger partial charge is 0.00220 e. The standard InChI is InChI=1S/C11H22N2/c1-2-10-7-13(8-10)9-11-4-3-5-12-6-11/h10-12H,2-9H2,1H3. The van der Waals surface area contributed by atoms with E-state index < -0.39 is 0 Å². The normalized spacial score (nSPS) is 31.6. The van der Waals surface area contributed by atoms with E-state index in [1.54, 1.807) is 0 Å². The Morgan fingerprint density at radius 3 is 2.77 bits per heavy atom. The molecule has 2 nitrogen and oxygen atoms in total. The van der Waals surface area contributed by atoms with Gasteiger partial charge < -0.3 is 10.2 Å². The van der Waals surface area contributed by atoms with Crippen LogP contribution in [0.4, 0.5) is 0 Å². The molecule has 2 aliphatic rings. The monoisotopic (exact) mass is 182 g/mol. The molecule has 13 heavy (non-hydrogen) atoms. The lowest BCUT2D eigenvalue weighted by Crippen LogP contribution is -2.50. The lowest BCUT2D eigenvalue weighted by molar-refractivity contribution is 0.0738. The molecule has 2 aliphatic heterocycles. The summed E-state index contributed by atoms with van der Waals surface area (Å²) in [5.74, 6) is 1.95. The number of rotatable bonds is 3. The second-order valence-electron chi connectivity index (χ2n) is 4.71. The molecule has 0 aromatic carbocycles. The highest BCUT2D eigenvalue weighted by atomic mass is 15.2. The zero-order valence-corrected chi connectivity index (χ0v) is 8.76. The first-order chi connectivity index (χ1) is 6.38. The van der Waals surface area contributed by atoms with Crippen molar-refractivity contribution in [3.8, 4) is 0 Å². The van der Waals surface area contributed by atoms with Crippen LogP contribution in [0.25, 0.3) is 0 Å². The van der Waals surface area contributed by atoms with Gasteiger partial charge in [-0.2, -0.15) is 0 Å². The quantitative estimate of drug-likeness (QED) is 0.708. The maximum Gasteiger partial charge on any atom is 0.00220 e. The van der Waals surface area contributed by atoms with Gasteiger partial charge in [-0.1, -0.05) is 13.3 Å². The van der Waals surface area contributed by atoms with Crippen LogP contribution in [0, 0.1) is 11.8 Å². The zero-order valence-electron chi connectivity index (χ0n) is 8.76. The van der Waals surface area contributed by atoms with Crippen LogP contribution in [0.15, 0.2) is 0 Å². The predicted octanol–water partition coefficient (Wildman–Crippen LogP) is 1.33. The first-order valence-corrected chi connectivity index (χ1v) is 5.81. The summed E-state index contributed by atoms with van der Waals surface area (Å²) in [6, 6.07) is 0. The third kappa shape index (κ3) is 2.44. The van der Waals surface area contributed by atoms with Crippen molar-refractivity contribution >= 4 is 0 Å². The van der Waals surface area contributed by atoms with Gasteiger partial charge in [-0.3, -0.25) is 0 Å². The predicted molar refractivity (Wildman–Crippen MR) is 55.8 cm³/mol. The molecule has 2 rings (SSSR count). The van der Waals surface area contributed by atoms with Gasteiger partial charge in [0.05, 0.1) is 0 Å². The van der Waals surface area contributed by atoms with Gasteiger partial charge in [0.25, 0.3) is 0 Å². The molecule has 76 valence electrons. The summed E-state index contributed by atoms with van der Waals surface area (Å²) in [7, 11) is 0. The Kier molecular flexibility index (Phi) is 3.23. The highest BCUT2D eigenvalue weighted by Gasteiger charge is 2.27. The van der Waals surface area contributed by atoms with Crippen LogP contribution < -0.4 is 5.32 Å². The van der Waals surface area contributed by atoms with Crippen molar-refractivity contribution in [1.29, 1.82) is 0 Å². The van der Waals surface area contributed by atoms with Gasteiger partial charge in [-0.15, -0.1) is 0 Å². The van der Waals surface area contributed by atoms with Gasteiger partial charge in [0.2, 0.25) is 0 Å². The van der Waals surface area contributed by atoms with Crippen molar-refractivity contribution in [2.75, 3.05) is 32.7 Å².